The Morgan fingerprint density at radius 3 is 2.46 bits per heavy atom. The minimum Gasteiger partial charge on any atom is -0.432 e. The van der Waals surface area contributed by atoms with Crippen molar-refractivity contribution in [3.05, 3.63) is 94.5 Å². The topological polar surface area (TPSA) is 86.9 Å². The van der Waals surface area contributed by atoms with E-state index < -0.39 is 11.6 Å². The Morgan fingerprint density at radius 1 is 0.949 bits per heavy atom. The lowest BCUT2D eigenvalue weighted by Crippen LogP contribution is -2.28. The number of rotatable bonds is 4. The third-order valence-corrected chi connectivity index (χ3v) is 7.23. The molecule has 0 N–H and O–H groups in total. The van der Waals surface area contributed by atoms with Crippen LogP contribution in [-0.4, -0.2) is 25.7 Å². The highest BCUT2D eigenvalue weighted by Gasteiger charge is 2.64. The first-order valence-electron chi connectivity index (χ1n) is 12.3. The maximum atomic E-state index is 13.7. The number of benzene rings is 2. The second-order valence-electron chi connectivity index (χ2n) is 9.75. The monoisotopic (exact) mass is 528 g/mol. The summed E-state index contributed by atoms with van der Waals surface area (Å²) in [6.07, 6.45) is -1.11. The summed E-state index contributed by atoms with van der Waals surface area (Å²) in [7, 11) is 0. The van der Waals surface area contributed by atoms with E-state index in [0.29, 0.717) is 22.3 Å². The van der Waals surface area contributed by atoms with Crippen LogP contribution in [0.25, 0.3) is 50.9 Å². The van der Waals surface area contributed by atoms with Gasteiger partial charge >= 0.3 is 6.18 Å². The van der Waals surface area contributed by atoms with Gasteiger partial charge in [0, 0.05) is 23.3 Å². The van der Waals surface area contributed by atoms with Crippen LogP contribution >= 0.6 is 0 Å². The van der Waals surface area contributed by atoms with Crippen molar-refractivity contribution >= 4 is 22.0 Å². The minimum absolute atomic E-state index is 0.00872. The Bertz CT molecular complexity index is 1950. The molecule has 2 aromatic carbocycles. The summed E-state index contributed by atoms with van der Waals surface area (Å²) in [5, 5.41) is 0.682. The van der Waals surface area contributed by atoms with Crippen LogP contribution in [0.15, 0.2) is 86.7 Å². The smallest absolute Gasteiger partial charge is 0.398 e. The molecule has 7 rings (SSSR count). The van der Waals surface area contributed by atoms with E-state index in [0.717, 1.165) is 5.56 Å². The average molecular weight is 528 g/mol. The van der Waals surface area contributed by atoms with Crippen LogP contribution in [0.3, 0.4) is 0 Å². The van der Waals surface area contributed by atoms with Gasteiger partial charge in [0.15, 0.2) is 17.2 Å². The summed E-state index contributed by atoms with van der Waals surface area (Å²) in [6, 6.07) is 17.1. The zero-order chi connectivity index (χ0) is 26.9. The Hall–Kier alpha value is -4.73. The van der Waals surface area contributed by atoms with E-state index >= 15 is 0 Å². The van der Waals surface area contributed by atoms with Gasteiger partial charge in [-0.2, -0.15) is 18.2 Å². The molecule has 4 heterocycles. The van der Waals surface area contributed by atoms with Gasteiger partial charge in [0.2, 0.25) is 0 Å². The van der Waals surface area contributed by atoms with Gasteiger partial charge in [0.25, 0.3) is 17.3 Å². The number of hydrogen-bond acceptors (Lipinski definition) is 6. The molecule has 0 bridgehead atoms. The molecule has 7 nitrogen and oxygen atoms in total. The Kier molecular flexibility index (Phi) is 4.88. The van der Waals surface area contributed by atoms with Gasteiger partial charge in [-0.15, -0.1) is 0 Å². The predicted molar refractivity (Wildman–Crippen MR) is 138 cm³/mol. The number of fused-ring (bicyclic) bond motifs is 2. The van der Waals surface area contributed by atoms with Gasteiger partial charge in [-0.1, -0.05) is 42.0 Å². The lowest BCUT2D eigenvalue weighted by molar-refractivity contribution is -0.160. The highest BCUT2D eigenvalue weighted by atomic mass is 19.4. The molecule has 0 radical (unpaired) electrons. The van der Waals surface area contributed by atoms with Gasteiger partial charge in [0.1, 0.15) is 11.0 Å². The highest BCUT2D eigenvalue weighted by Crippen LogP contribution is 2.59. The van der Waals surface area contributed by atoms with Crippen molar-refractivity contribution in [2.45, 2.75) is 31.4 Å². The number of nitrogens with zero attached hydrogens (tertiary/aromatic N) is 4. The molecule has 1 saturated carbocycles. The minimum atomic E-state index is -4.34. The lowest BCUT2D eigenvalue weighted by atomic mass is 9.95. The Labute approximate surface area is 218 Å². The van der Waals surface area contributed by atoms with Crippen molar-refractivity contribution in [2.75, 3.05) is 0 Å². The number of oxazole rings is 2. The van der Waals surface area contributed by atoms with E-state index in [9.17, 15) is 18.0 Å². The Morgan fingerprint density at radius 2 is 1.72 bits per heavy atom. The SMILES string of the molecule is Cc1ccc(-c2oc(-c3nc4cc(C5(C(F)(F)F)CC5)ccc4o3)nc2-n2ccc3cccnc3c2=O)cc1. The number of hydrogen-bond donors (Lipinski definition) is 0. The number of aromatic nitrogens is 4. The van der Waals surface area contributed by atoms with Crippen molar-refractivity contribution in [2.24, 2.45) is 0 Å². The lowest BCUT2D eigenvalue weighted by Gasteiger charge is -2.19. The van der Waals surface area contributed by atoms with Crippen LogP contribution in [0.5, 0.6) is 0 Å². The summed E-state index contributed by atoms with van der Waals surface area (Å²) in [6.45, 7) is 1.95. The summed E-state index contributed by atoms with van der Waals surface area (Å²) >= 11 is 0. The molecule has 0 saturated heterocycles. The van der Waals surface area contributed by atoms with Crippen molar-refractivity contribution in [3.8, 4) is 28.9 Å². The van der Waals surface area contributed by atoms with E-state index in [2.05, 4.69) is 15.0 Å². The number of pyridine rings is 2. The third kappa shape index (κ3) is 3.66. The first-order chi connectivity index (χ1) is 18.7. The summed E-state index contributed by atoms with van der Waals surface area (Å²) < 4.78 is 54.3. The first kappa shape index (κ1) is 23.4. The molecule has 0 aliphatic heterocycles. The van der Waals surface area contributed by atoms with Gasteiger partial charge in [-0.05, 0) is 49.6 Å². The fourth-order valence-electron chi connectivity index (χ4n) is 4.87. The molecule has 39 heavy (non-hydrogen) atoms. The van der Waals surface area contributed by atoms with Crippen LogP contribution in [0, 0.1) is 6.92 Å². The molecule has 0 unspecified atom stereocenters. The van der Waals surface area contributed by atoms with Crippen LogP contribution in [0.1, 0.15) is 24.0 Å². The van der Waals surface area contributed by atoms with E-state index in [1.807, 2.05) is 31.2 Å². The van der Waals surface area contributed by atoms with Crippen LogP contribution < -0.4 is 5.56 Å². The largest absolute Gasteiger partial charge is 0.432 e. The quantitative estimate of drug-likeness (QED) is 0.252. The average Bonchev–Trinajstić information content (AvgIpc) is 3.47. The molecule has 1 aliphatic carbocycles. The second-order valence-corrected chi connectivity index (χ2v) is 9.75. The van der Waals surface area contributed by atoms with Crippen molar-refractivity contribution in [1.29, 1.82) is 0 Å². The van der Waals surface area contributed by atoms with Crippen molar-refractivity contribution < 1.29 is 22.0 Å². The standard InChI is InChI=1S/C29H19F3N4O3/c1-16-4-6-18(7-5-16)23-24(36-14-10-17-3-2-13-33-22(17)27(36)37)35-26(39-23)25-34-20-15-19(8-9-21(20)38-25)28(11-12-28)29(30,31)32/h2-10,13-15H,11-12H2,1H3. The molecule has 10 heteroatoms. The molecule has 4 aromatic heterocycles. The second kappa shape index (κ2) is 8.13. The number of halogens is 3. The molecule has 0 amide bonds. The van der Waals surface area contributed by atoms with E-state index in [1.54, 1.807) is 30.6 Å². The zero-order valence-corrected chi connectivity index (χ0v) is 20.5. The van der Waals surface area contributed by atoms with Crippen LogP contribution in [-0.2, 0) is 5.41 Å². The number of aryl methyl sites for hydroxylation is 1. The molecule has 0 atom stereocenters. The fourth-order valence-corrected chi connectivity index (χ4v) is 4.87. The van der Waals surface area contributed by atoms with Crippen LogP contribution in [0.2, 0.25) is 0 Å². The molecule has 1 aliphatic rings. The van der Waals surface area contributed by atoms with Gasteiger partial charge in [0.05, 0.1) is 5.41 Å². The van der Waals surface area contributed by atoms with Crippen molar-refractivity contribution in [1.82, 2.24) is 19.5 Å². The fraction of sp³-hybridized carbons (Fsp3) is 0.172. The maximum absolute atomic E-state index is 13.7. The molecular formula is C29H19F3N4O3. The first-order valence-corrected chi connectivity index (χ1v) is 12.3. The molecule has 6 aromatic rings. The van der Waals surface area contributed by atoms with E-state index in [1.165, 1.54) is 22.8 Å². The summed E-state index contributed by atoms with van der Waals surface area (Å²) in [5.74, 6) is 0.497. The normalized spacial score (nSPS) is 14.8. The molecule has 1 fully saturated rings. The third-order valence-electron chi connectivity index (χ3n) is 7.23. The zero-order valence-electron chi connectivity index (χ0n) is 20.5. The van der Waals surface area contributed by atoms with E-state index in [-0.39, 0.29) is 52.6 Å². The maximum Gasteiger partial charge on any atom is 0.398 e. The van der Waals surface area contributed by atoms with Crippen LogP contribution in [0.4, 0.5) is 13.2 Å². The molecule has 0 spiro atoms. The Balaban J connectivity index is 1.38. The summed E-state index contributed by atoms with van der Waals surface area (Å²) in [4.78, 5) is 26.6. The number of alkyl halides is 3. The summed E-state index contributed by atoms with van der Waals surface area (Å²) in [5.41, 5.74) is 0.483. The predicted octanol–water partition coefficient (Wildman–Crippen LogP) is 6.75. The van der Waals surface area contributed by atoms with Crippen molar-refractivity contribution in [3.63, 3.8) is 0 Å². The van der Waals surface area contributed by atoms with Gasteiger partial charge in [-0.25, -0.2) is 4.98 Å². The molecule has 194 valence electrons. The molecular weight excluding hydrogens is 509 g/mol. The van der Waals surface area contributed by atoms with Gasteiger partial charge < -0.3 is 8.83 Å². The van der Waals surface area contributed by atoms with E-state index in [4.69, 9.17) is 8.83 Å². The highest BCUT2D eigenvalue weighted by molar-refractivity contribution is 5.79. The van der Waals surface area contributed by atoms with Gasteiger partial charge in [-0.3, -0.25) is 14.3 Å².